The molecule has 0 radical (unpaired) electrons. The topological polar surface area (TPSA) is 38.6 Å². The Bertz CT molecular complexity index is 851. The van der Waals surface area contributed by atoms with Crippen LogP contribution in [0.15, 0.2) is 42.6 Å². The summed E-state index contributed by atoms with van der Waals surface area (Å²) >= 11 is 0. The lowest BCUT2D eigenvalue weighted by Gasteiger charge is -2.13. The van der Waals surface area contributed by atoms with Crippen molar-refractivity contribution in [2.24, 2.45) is 0 Å². The van der Waals surface area contributed by atoms with Gasteiger partial charge in [0.1, 0.15) is 23.0 Å². The molecular formula is C19H20FN3O. The molecule has 2 aromatic heterocycles. The molecule has 1 aromatic carbocycles. The molecule has 3 aromatic rings. The first kappa shape index (κ1) is 15.1. The van der Waals surface area contributed by atoms with E-state index in [1.807, 2.05) is 25.3 Å². The van der Waals surface area contributed by atoms with E-state index >= 15 is 0 Å². The number of hydrogen-bond acceptors (Lipinski definition) is 3. The lowest BCUT2D eigenvalue weighted by Crippen LogP contribution is -2.19. The van der Waals surface area contributed by atoms with E-state index in [4.69, 9.17) is 9.72 Å². The van der Waals surface area contributed by atoms with E-state index in [-0.39, 0.29) is 11.9 Å². The number of rotatable bonds is 4. The standard InChI is InChI=1S/C19H20FN3O/c1-13-4-2-10-23-18(13)22-17(14-6-8-15(20)9-7-14)19(23)21-12-16-5-3-11-24-16/h2,4,6-10,16,21H,3,5,11-12H2,1H3/t16-/m0/s1. The zero-order chi connectivity index (χ0) is 16.5. The Balaban J connectivity index is 1.77. The van der Waals surface area contributed by atoms with Gasteiger partial charge in [-0.2, -0.15) is 0 Å². The van der Waals surface area contributed by atoms with E-state index in [0.29, 0.717) is 0 Å². The third-order valence-electron chi connectivity index (χ3n) is 4.48. The highest BCUT2D eigenvalue weighted by Crippen LogP contribution is 2.30. The van der Waals surface area contributed by atoms with E-state index in [9.17, 15) is 4.39 Å². The second kappa shape index (κ2) is 6.24. The van der Waals surface area contributed by atoms with E-state index in [0.717, 1.165) is 54.3 Å². The first-order chi connectivity index (χ1) is 11.7. The minimum atomic E-state index is -0.243. The molecule has 0 saturated carbocycles. The van der Waals surface area contributed by atoms with E-state index < -0.39 is 0 Å². The summed E-state index contributed by atoms with van der Waals surface area (Å²) < 4.78 is 21.0. The second-order valence-electron chi connectivity index (χ2n) is 6.22. The quantitative estimate of drug-likeness (QED) is 0.787. The fourth-order valence-corrected chi connectivity index (χ4v) is 3.20. The van der Waals surface area contributed by atoms with Gasteiger partial charge in [-0.25, -0.2) is 9.37 Å². The van der Waals surface area contributed by atoms with E-state index in [1.165, 1.54) is 12.1 Å². The van der Waals surface area contributed by atoms with Gasteiger partial charge < -0.3 is 10.1 Å². The predicted octanol–water partition coefficient (Wildman–Crippen LogP) is 4.04. The summed E-state index contributed by atoms with van der Waals surface area (Å²) in [6.45, 7) is 3.62. The van der Waals surface area contributed by atoms with Crippen LogP contribution in [0, 0.1) is 12.7 Å². The van der Waals surface area contributed by atoms with Gasteiger partial charge in [-0.1, -0.05) is 6.07 Å². The number of pyridine rings is 1. The first-order valence-corrected chi connectivity index (χ1v) is 8.31. The van der Waals surface area contributed by atoms with Crippen LogP contribution in [0.5, 0.6) is 0 Å². The number of anilines is 1. The normalized spacial score (nSPS) is 17.5. The van der Waals surface area contributed by atoms with Gasteiger partial charge in [0.25, 0.3) is 0 Å². The van der Waals surface area contributed by atoms with Gasteiger partial charge >= 0.3 is 0 Å². The van der Waals surface area contributed by atoms with Crippen LogP contribution in [0.2, 0.25) is 0 Å². The van der Waals surface area contributed by atoms with Crippen LogP contribution in [-0.2, 0) is 4.74 Å². The summed E-state index contributed by atoms with van der Waals surface area (Å²) in [7, 11) is 0. The molecule has 4 rings (SSSR count). The van der Waals surface area contributed by atoms with Crippen molar-refractivity contribution in [2.75, 3.05) is 18.5 Å². The zero-order valence-electron chi connectivity index (χ0n) is 13.6. The number of fused-ring (bicyclic) bond motifs is 1. The van der Waals surface area contributed by atoms with Crippen molar-refractivity contribution in [1.29, 1.82) is 0 Å². The second-order valence-corrected chi connectivity index (χ2v) is 6.22. The third kappa shape index (κ3) is 2.76. The number of ether oxygens (including phenoxy) is 1. The van der Waals surface area contributed by atoms with Crippen LogP contribution in [0.4, 0.5) is 10.2 Å². The number of halogens is 1. The molecule has 1 aliphatic heterocycles. The van der Waals surface area contributed by atoms with Crippen LogP contribution in [0.1, 0.15) is 18.4 Å². The monoisotopic (exact) mass is 325 g/mol. The Morgan fingerprint density at radius 3 is 2.88 bits per heavy atom. The molecule has 0 spiro atoms. The summed E-state index contributed by atoms with van der Waals surface area (Å²) in [5.41, 5.74) is 3.74. The van der Waals surface area contributed by atoms with Gasteiger partial charge in [-0.05, 0) is 55.7 Å². The molecule has 1 atom stereocenters. The number of nitrogens with one attached hydrogen (secondary N) is 1. The van der Waals surface area contributed by atoms with Crippen LogP contribution < -0.4 is 5.32 Å². The van der Waals surface area contributed by atoms with Gasteiger partial charge in [0.15, 0.2) is 0 Å². The SMILES string of the molecule is Cc1cccn2c(NC[C@@H]3CCCO3)c(-c3ccc(F)cc3)nc12. The van der Waals surface area contributed by atoms with Crippen LogP contribution >= 0.6 is 0 Å². The highest BCUT2D eigenvalue weighted by atomic mass is 19.1. The molecule has 0 amide bonds. The number of aromatic nitrogens is 2. The minimum absolute atomic E-state index is 0.237. The molecule has 4 nitrogen and oxygen atoms in total. The summed E-state index contributed by atoms with van der Waals surface area (Å²) in [4.78, 5) is 4.79. The maximum Gasteiger partial charge on any atom is 0.142 e. The average molecular weight is 325 g/mol. The molecular weight excluding hydrogens is 305 g/mol. The number of aryl methyl sites for hydroxylation is 1. The lowest BCUT2D eigenvalue weighted by atomic mass is 10.1. The average Bonchev–Trinajstić information content (AvgIpc) is 3.22. The van der Waals surface area contributed by atoms with Crippen molar-refractivity contribution in [2.45, 2.75) is 25.9 Å². The van der Waals surface area contributed by atoms with Crippen LogP contribution in [-0.4, -0.2) is 28.6 Å². The van der Waals surface area contributed by atoms with Gasteiger partial charge in [0.2, 0.25) is 0 Å². The summed E-state index contributed by atoms with van der Waals surface area (Å²) in [6.07, 6.45) is 4.43. The predicted molar refractivity (Wildman–Crippen MR) is 92.8 cm³/mol. The van der Waals surface area contributed by atoms with Crippen molar-refractivity contribution in [3.05, 3.63) is 54.0 Å². The molecule has 1 saturated heterocycles. The lowest BCUT2D eigenvalue weighted by molar-refractivity contribution is 0.120. The van der Waals surface area contributed by atoms with E-state index in [2.05, 4.69) is 9.72 Å². The van der Waals surface area contributed by atoms with Gasteiger partial charge in [-0.15, -0.1) is 0 Å². The van der Waals surface area contributed by atoms with Crippen LogP contribution in [0.3, 0.4) is 0 Å². The molecule has 1 N–H and O–H groups in total. The van der Waals surface area contributed by atoms with Crippen LogP contribution in [0.25, 0.3) is 16.9 Å². The molecule has 3 heterocycles. The maximum absolute atomic E-state index is 13.3. The van der Waals surface area contributed by atoms with Crippen molar-refractivity contribution in [3.8, 4) is 11.3 Å². The third-order valence-corrected chi connectivity index (χ3v) is 4.48. The summed E-state index contributed by atoms with van der Waals surface area (Å²) in [5.74, 6) is 0.684. The number of nitrogens with zero attached hydrogens (tertiary/aromatic N) is 2. The van der Waals surface area contributed by atoms with E-state index in [1.54, 1.807) is 12.1 Å². The molecule has 0 aliphatic carbocycles. The first-order valence-electron chi connectivity index (χ1n) is 8.31. The fourth-order valence-electron chi connectivity index (χ4n) is 3.20. The molecule has 0 bridgehead atoms. The summed E-state index contributed by atoms with van der Waals surface area (Å²) in [5, 5.41) is 3.50. The fraction of sp³-hybridized carbons (Fsp3) is 0.316. The number of benzene rings is 1. The molecule has 0 unspecified atom stereocenters. The Hall–Kier alpha value is -2.40. The van der Waals surface area contributed by atoms with Gasteiger partial charge in [0, 0.05) is 24.9 Å². The molecule has 124 valence electrons. The molecule has 24 heavy (non-hydrogen) atoms. The largest absolute Gasteiger partial charge is 0.376 e. The Kier molecular flexibility index (Phi) is 3.94. The minimum Gasteiger partial charge on any atom is -0.376 e. The molecule has 5 heteroatoms. The highest BCUT2D eigenvalue weighted by molar-refractivity contribution is 5.77. The number of imidazole rings is 1. The highest BCUT2D eigenvalue weighted by Gasteiger charge is 2.19. The van der Waals surface area contributed by atoms with Crippen molar-refractivity contribution < 1.29 is 9.13 Å². The van der Waals surface area contributed by atoms with Gasteiger partial charge in [-0.3, -0.25) is 4.40 Å². The maximum atomic E-state index is 13.3. The van der Waals surface area contributed by atoms with Crippen molar-refractivity contribution in [3.63, 3.8) is 0 Å². The van der Waals surface area contributed by atoms with Gasteiger partial charge in [0.05, 0.1) is 6.10 Å². The Morgan fingerprint density at radius 1 is 1.29 bits per heavy atom. The van der Waals surface area contributed by atoms with Crippen molar-refractivity contribution >= 4 is 11.5 Å². The van der Waals surface area contributed by atoms with Crippen molar-refractivity contribution in [1.82, 2.24) is 9.38 Å². The molecule has 1 aliphatic rings. The smallest absolute Gasteiger partial charge is 0.142 e. The zero-order valence-corrected chi connectivity index (χ0v) is 13.6. The Labute approximate surface area is 140 Å². The number of hydrogen-bond donors (Lipinski definition) is 1. The molecule has 1 fully saturated rings. The summed E-state index contributed by atoms with van der Waals surface area (Å²) in [6, 6.07) is 10.5. The Morgan fingerprint density at radius 2 is 2.12 bits per heavy atom.